The van der Waals surface area contributed by atoms with Gasteiger partial charge >= 0.3 is 153 Å². The predicted octanol–water partition coefficient (Wildman–Crippen LogP) is 4.81. The summed E-state index contributed by atoms with van der Waals surface area (Å²) in [4.78, 5) is 0. The van der Waals surface area contributed by atoms with E-state index in [1.807, 2.05) is 0 Å². The molecule has 0 aliphatic heterocycles. The molecule has 0 aliphatic rings. The summed E-state index contributed by atoms with van der Waals surface area (Å²) in [5.74, 6) is 0. The van der Waals surface area contributed by atoms with Crippen molar-refractivity contribution >= 4 is 28.1 Å². The molecule has 0 amide bonds. The molecule has 0 radical (unpaired) electrons. The van der Waals surface area contributed by atoms with Crippen LogP contribution in [0.25, 0.3) is 0 Å². The van der Waals surface area contributed by atoms with Crippen molar-refractivity contribution in [3.63, 3.8) is 0 Å². The van der Waals surface area contributed by atoms with E-state index in [2.05, 4.69) is 62.4 Å². The molecule has 124 valence electrons. The SMILES string of the molecule is CCCCCc1cccc([Te]c2cccc(CCCCC)c2)c1. The molecule has 0 heterocycles. The maximum atomic E-state index is 2.46. The summed E-state index contributed by atoms with van der Waals surface area (Å²) in [6.07, 6.45) is 10.4. The van der Waals surface area contributed by atoms with Gasteiger partial charge < -0.3 is 0 Å². The van der Waals surface area contributed by atoms with Gasteiger partial charge in [0.05, 0.1) is 0 Å². The van der Waals surface area contributed by atoms with Crippen LogP contribution in [-0.4, -0.2) is 20.9 Å². The Balaban J connectivity index is 1.95. The molecule has 23 heavy (non-hydrogen) atoms. The van der Waals surface area contributed by atoms with Crippen LogP contribution < -0.4 is 7.22 Å². The molecule has 2 aromatic rings. The van der Waals surface area contributed by atoms with Gasteiger partial charge in [0.25, 0.3) is 0 Å². The summed E-state index contributed by atoms with van der Waals surface area (Å²) in [7, 11) is 0. The van der Waals surface area contributed by atoms with Crippen molar-refractivity contribution in [1.29, 1.82) is 0 Å². The number of unbranched alkanes of at least 4 members (excludes halogenated alkanes) is 4. The summed E-state index contributed by atoms with van der Waals surface area (Å²) in [6, 6.07) is 18.7. The first-order valence-electron chi connectivity index (χ1n) is 9.17. The molecule has 0 bridgehead atoms. The van der Waals surface area contributed by atoms with Crippen LogP contribution in [0.2, 0.25) is 0 Å². The Bertz CT molecular complexity index is 522. The Kier molecular flexibility index (Phi) is 8.80. The van der Waals surface area contributed by atoms with Crippen LogP contribution in [0.1, 0.15) is 63.5 Å². The number of aryl methyl sites for hydroxylation is 2. The normalized spacial score (nSPS) is 10.9. The number of rotatable bonds is 10. The molecule has 0 saturated carbocycles. The second-order valence-electron chi connectivity index (χ2n) is 6.31. The van der Waals surface area contributed by atoms with E-state index in [1.165, 1.54) is 62.5 Å². The monoisotopic (exact) mass is 424 g/mol. The van der Waals surface area contributed by atoms with Gasteiger partial charge in [0.2, 0.25) is 0 Å². The van der Waals surface area contributed by atoms with Crippen molar-refractivity contribution in [2.24, 2.45) is 0 Å². The molecular formula is C22H30Te. The van der Waals surface area contributed by atoms with Crippen LogP contribution in [0.4, 0.5) is 0 Å². The van der Waals surface area contributed by atoms with Crippen LogP contribution in [0.3, 0.4) is 0 Å². The van der Waals surface area contributed by atoms with E-state index in [1.54, 1.807) is 7.22 Å². The van der Waals surface area contributed by atoms with E-state index < -0.39 is 0 Å². The molecular weight excluding hydrogens is 392 g/mol. The first-order valence-corrected chi connectivity index (χ1v) is 11.5. The molecule has 2 aromatic carbocycles. The average Bonchev–Trinajstić information content (AvgIpc) is 2.56. The van der Waals surface area contributed by atoms with Crippen molar-refractivity contribution < 1.29 is 0 Å². The summed E-state index contributed by atoms with van der Waals surface area (Å²) < 4.78 is 3.16. The van der Waals surface area contributed by atoms with E-state index in [0.717, 1.165) is 0 Å². The summed E-state index contributed by atoms with van der Waals surface area (Å²) in [6.45, 7) is 4.55. The Morgan fingerprint density at radius 3 is 1.57 bits per heavy atom. The first-order chi connectivity index (χ1) is 11.3. The van der Waals surface area contributed by atoms with Crippen LogP contribution in [-0.2, 0) is 12.8 Å². The Hall–Kier alpha value is -0.770. The van der Waals surface area contributed by atoms with Gasteiger partial charge in [0, 0.05) is 0 Å². The summed E-state index contributed by atoms with van der Waals surface area (Å²) in [5, 5.41) is 0. The van der Waals surface area contributed by atoms with Gasteiger partial charge in [-0.3, -0.25) is 0 Å². The summed E-state index contributed by atoms with van der Waals surface area (Å²) in [5.41, 5.74) is 3.06. The fourth-order valence-corrected chi connectivity index (χ4v) is 5.64. The second-order valence-corrected chi connectivity index (χ2v) is 9.58. The van der Waals surface area contributed by atoms with Crippen LogP contribution >= 0.6 is 0 Å². The Labute approximate surface area is 152 Å². The van der Waals surface area contributed by atoms with Crippen molar-refractivity contribution in [1.82, 2.24) is 0 Å². The van der Waals surface area contributed by atoms with E-state index in [9.17, 15) is 0 Å². The average molecular weight is 422 g/mol. The van der Waals surface area contributed by atoms with E-state index in [4.69, 9.17) is 0 Å². The molecule has 0 nitrogen and oxygen atoms in total. The van der Waals surface area contributed by atoms with Gasteiger partial charge in [-0.15, -0.1) is 0 Å². The number of benzene rings is 2. The predicted molar refractivity (Wildman–Crippen MR) is 104 cm³/mol. The summed E-state index contributed by atoms with van der Waals surface area (Å²) >= 11 is -0.245. The third kappa shape index (κ3) is 7.11. The van der Waals surface area contributed by atoms with E-state index >= 15 is 0 Å². The van der Waals surface area contributed by atoms with Gasteiger partial charge in [-0.05, 0) is 0 Å². The molecule has 0 atom stereocenters. The van der Waals surface area contributed by atoms with Crippen LogP contribution in [0.5, 0.6) is 0 Å². The molecule has 0 N–H and O–H groups in total. The topological polar surface area (TPSA) is 0 Å². The number of hydrogen-bond donors (Lipinski definition) is 0. The van der Waals surface area contributed by atoms with Gasteiger partial charge in [0.1, 0.15) is 0 Å². The zero-order chi connectivity index (χ0) is 16.3. The van der Waals surface area contributed by atoms with Gasteiger partial charge in [-0.2, -0.15) is 0 Å². The molecule has 0 spiro atoms. The quantitative estimate of drug-likeness (QED) is 0.381. The Morgan fingerprint density at radius 1 is 0.652 bits per heavy atom. The van der Waals surface area contributed by atoms with Crippen molar-refractivity contribution in [3.05, 3.63) is 59.7 Å². The van der Waals surface area contributed by atoms with E-state index in [0.29, 0.717) is 0 Å². The minimum absolute atomic E-state index is 0.245. The molecule has 0 aliphatic carbocycles. The van der Waals surface area contributed by atoms with Crippen LogP contribution in [0, 0.1) is 0 Å². The first kappa shape index (κ1) is 18.6. The Morgan fingerprint density at radius 2 is 1.13 bits per heavy atom. The maximum absolute atomic E-state index is 2.46. The van der Waals surface area contributed by atoms with Crippen molar-refractivity contribution in [3.8, 4) is 0 Å². The molecule has 0 fully saturated rings. The van der Waals surface area contributed by atoms with Gasteiger partial charge in [-0.25, -0.2) is 0 Å². The molecule has 1 heteroatoms. The standard InChI is InChI=1S/C22H30Te/c1-3-5-7-11-19-13-9-15-21(17-19)23-22-16-10-14-20(18-22)12-8-6-4-2/h9-10,13-18H,3-8,11-12H2,1-2H3. The van der Waals surface area contributed by atoms with Crippen molar-refractivity contribution in [2.45, 2.75) is 65.2 Å². The third-order valence-corrected chi connectivity index (χ3v) is 6.97. The molecule has 2 rings (SSSR count). The minimum atomic E-state index is -0.245. The second kappa shape index (κ2) is 10.9. The molecule has 0 saturated heterocycles. The van der Waals surface area contributed by atoms with E-state index in [-0.39, 0.29) is 20.9 Å². The fraction of sp³-hybridized carbons (Fsp3) is 0.455. The van der Waals surface area contributed by atoms with Crippen molar-refractivity contribution in [2.75, 3.05) is 0 Å². The molecule has 0 unspecified atom stereocenters. The zero-order valence-electron chi connectivity index (χ0n) is 14.7. The fourth-order valence-electron chi connectivity index (χ4n) is 2.82. The van der Waals surface area contributed by atoms with Gasteiger partial charge in [-0.1, -0.05) is 0 Å². The number of hydrogen-bond acceptors (Lipinski definition) is 0. The van der Waals surface area contributed by atoms with Crippen LogP contribution in [0.15, 0.2) is 48.5 Å². The zero-order valence-corrected chi connectivity index (χ0v) is 17.0. The van der Waals surface area contributed by atoms with Gasteiger partial charge in [0.15, 0.2) is 0 Å². The molecule has 0 aromatic heterocycles. The third-order valence-electron chi connectivity index (χ3n) is 4.17.